The second kappa shape index (κ2) is 8.49. The van der Waals surface area contributed by atoms with E-state index in [1.165, 1.54) is 55.0 Å². The molecule has 0 bridgehead atoms. The van der Waals surface area contributed by atoms with Gasteiger partial charge >= 0.3 is 0 Å². The van der Waals surface area contributed by atoms with Crippen molar-refractivity contribution >= 4 is 60.8 Å². The molecule has 3 nitrogen and oxygen atoms in total. The molecular formula is C38H27NO2. The van der Waals surface area contributed by atoms with Crippen LogP contribution in [0.5, 0.6) is 0 Å². The van der Waals surface area contributed by atoms with Crippen LogP contribution in [0.4, 0.5) is 0 Å². The van der Waals surface area contributed by atoms with Gasteiger partial charge < -0.3 is 13.4 Å². The first-order valence-corrected chi connectivity index (χ1v) is 14.4. The molecule has 3 heterocycles. The van der Waals surface area contributed by atoms with Crippen molar-refractivity contribution in [3.63, 3.8) is 0 Å². The molecular weight excluding hydrogens is 502 g/mol. The number of para-hydroxylation sites is 3. The van der Waals surface area contributed by atoms with E-state index >= 15 is 0 Å². The summed E-state index contributed by atoms with van der Waals surface area (Å²) in [5.74, 6) is 1.22. The summed E-state index contributed by atoms with van der Waals surface area (Å²) < 4.78 is 15.1. The van der Waals surface area contributed by atoms with Crippen molar-refractivity contribution in [2.45, 2.75) is 25.7 Å². The molecule has 0 fully saturated rings. The standard InChI is InChI=1S/C38H27NO2/c1-2-23-10-9-15-31(36(23)24-18-20-34-29(22-24)26-12-4-7-16-32(26)40-34)39-30-14-6-3-11-25(30)27-19-21-35-37(38(27)39)28-13-5-8-17-33(28)41-35/h3-21,24H,2,22H2,1H3. The van der Waals surface area contributed by atoms with Crippen molar-refractivity contribution in [2.24, 2.45) is 0 Å². The largest absolute Gasteiger partial charge is 0.456 e. The van der Waals surface area contributed by atoms with Crippen LogP contribution in [-0.2, 0) is 12.8 Å². The van der Waals surface area contributed by atoms with E-state index in [0.29, 0.717) is 0 Å². The van der Waals surface area contributed by atoms with Crippen LogP contribution >= 0.6 is 0 Å². The van der Waals surface area contributed by atoms with Crippen molar-refractivity contribution < 1.29 is 8.83 Å². The van der Waals surface area contributed by atoms with Crippen molar-refractivity contribution in [3.05, 3.63) is 132 Å². The second-order valence-corrected chi connectivity index (χ2v) is 11.1. The zero-order valence-corrected chi connectivity index (χ0v) is 22.7. The van der Waals surface area contributed by atoms with Crippen molar-refractivity contribution in [3.8, 4) is 5.69 Å². The summed E-state index contributed by atoms with van der Waals surface area (Å²) in [6.45, 7) is 2.27. The second-order valence-electron chi connectivity index (χ2n) is 11.1. The van der Waals surface area contributed by atoms with Crippen molar-refractivity contribution in [2.75, 3.05) is 0 Å². The lowest BCUT2D eigenvalue weighted by Gasteiger charge is -2.24. The van der Waals surface area contributed by atoms with E-state index in [1.54, 1.807) is 0 Å². The lowest BCUT2D eigenvalue weighted by Crippen LogP contribution is -2.11. The molecule has 1 unspecified atom stereocenters. The first-order valence-electron chi connectivity index (χ1n) is 14.4. The maximum atomic E-state index is 6.38. The lowest BCUT2D eigenvalue weighted by atomic mass is 9.83. The van der Waals surface area contributed by atoms with Crippen LogP contribution < -0.4 is 0 Å². The summed E-state index contributed by atoms with van der Waals surface area (Å²) in [6, 6.07) is 36.8. The highest BCUT2D eigenvalue weighted by atomic mass is 16.3. The molecule has 196 valence electrons. The van der Waals surface area contributed by atoms with E-state index in [0.717, 1.165) is 40.7 Å². The first kappa shape index (κ1) is 22.8. The predicted molar refractivity (Wildman–Crippen MR) is 169 cm³/mol. The summed E-state index contributed by atoms with van der Waals surface area (Å²) in [6.07, 6.45) is 6.41. The van der Waals surface area contributed by atoms with Gasteiger partial charge in [0.2, 0.25) is 0 Å². The minimum atomic E-state index is 0.228. The van der Waals surface area contributed by atoms with Gasteiger partial charge in [-0.3, -0.25) is 0 Å². The number of aromatic nitrogens is 1. The van der Waals surface area contributed by atoms with Gasteiger partial charge in [-0.15, -0.1) is 0 Å². The predicted octanol–water partition coefficient (Wildman–Crippen LogP) is 10.3. The quantitative estimate of drug-likeness (QED) is 0.228. The Kier molecular flexibility index (Phi) is 4.71. The fourth-order valence-corrected chi connectivity index (χ4v) is 7.20. The monoisotopic (exact) mass is 529 g/mol. The molecule has 0 saturated heterocycles. The fraction of sp³-hybridized carbons (Fsp3) is 0.105. The van der Waals surface area contributed by atoms with E-state index in [-0.39, 0.29) is 5.92 Å². The molecule has 0 saturated carbocycles. The third-order valence-corrected chi connectivity index (χ3v) is 8.97. The Bertz CT molecular complexity index is 2340. The summed E-state index contributed by atoms with van der Waals surface area (Å²) in [7, 11) is 0. The van der Waals surface area contributed by atoms with Gasteiger partial charge in [0.05, 0.1) is 22.1 Å². The van der Waals surface area contributed by atoms with Crippen LogP contribution in [0.25, 0.3) is 66.5 Å². The molecule has 1 atom stereocenters. The zero-order chi connectivity index (χ0) is 27.1. The molecule has 0 aliphatic heterocycles. The number of furan rings is 2. The van der Waals surface area contributed by atoms with Crippen LogP contribution in [0.3, 0.4) is 0 Å². The van der Waals surface area contributed by atoms with Gasteiger partial charge in [0.1, 0.15) is 22.5 Å². The SMILES string of the molecule is CCc1cccc(-n2c3ccccc3c3ccc4oc5ccccc5c4c32)c1C1C=Cc2oc3ccccc3c2C1. The molecule has 0 amide bonds. The number of hydrogen-bond acceptors (Lipinski definition) is 2. The van der Waals surface area contributed by atoms with E-state index in [9.17, 15) is 0 Å². The van der Waals surface area contributed by atoms with Crippen LogP contribution in [0.2, 0.25) is 0 Å². The van der Waals surface area contributed by atoms with Gasteiger partial charge in [-0.05, 0) is 66.4 Å². The van der Waals surface area contributed by atoms with E-state index < -0.39 is 0 Å². The van der Waals surface area contributed by atoms with E-state index in [4.69, 9.17) is 8.83 Å². The normalized spacial score (nSPS) is 15.1. The Morgan fingerprint density at radius 3 is 2.29 bits per heavy atom. The molecule has 5 aromatic carbocycles. The zero-order valence-electron chi connectivity index (χ0n) is 22.7. The number of benzene rings is 5. The van der Waals surface area contributed by atoms with E-state index in [1.807, 2.05) is 12.1 Å². The van der Waals surface area contributed by atoms with Crippen molar-refractivity contribution in [1.29, 1.82) is 0 Å². The van der Waals surface area contributed by atoms with Gasteiger partial charge in [-0.25, -0.2) is 0 Å². The highest BCUT2D eigenvalue weighted by Gasteiger charge is 2.27. The Morgan fingerprint density at radius 1 is 0.683 bits per heavy atom. The summed E-state index contributed by atoms with van der Waals surface area (Å²) in [4.78, 5) is 0. The molecule has 3 aromatic heterocycles. The number of rotatable bonds is 3. The molecule has 0 N–H and O–H groups in total. The van der Waals surface area contributed by atoms with Crippen LogP contribution in [0.15, 0.2) is 118 Å². The average Bonchev–Trinajstić information content (AvgIpc) is 3.69. The Balaban J connectivity index is 1.38. The molecule has 1 aliphatic rings. The first-order chi connectivity index (χ1) is 20.3. The fourth-order valence-electron chi connectivity index (χ4n) is 7.20. The minimum Gasteiger partial charge on any atom is -0.456 e. The summed E-state index contributed by atoms with van der Waals surface area (Å²) in [5, 5.41) is 6.04. The minimum absolute atomic E-state index is 0.228. The number of allylic oxidation sites excluding steroid dienone is 1. The van der Waals surface area contributed by atoms with Crippen molar-refractivity contribution in [1.82, 2.24) is 4.57 Å². The molecule has 9 rings (SSSR count). The summed E-state index contributed by atoms with van der Waals surface area (Å²) in [5.41, 5.74) is 10.5. The molecule has 0 spiro atoms. The number of hydrogen-bond donors (Lipinski definition) is 0. The van der Waals surface area contributed by atoms with Crippen LogP contribution in [-0.4, -0.2) is 4.57 Å². The Hall–Kier alpha value is -5.02. The molecule has 0 radical (unpaired) electrons. The van der Waals surface area contributed by atoms with Gasteiger partial charge in [0.25, 0.3) is 0 Å². The van der Waals surface area contributed by atoms with Gasteiger partial charge in [0.15, 0.2) is 0 Å². The highest BCUT2D eigenvalue weighted by molar-refractivity contribution is 6.24. The van der Waals surface area contributed by atoms with Crippen LogP contribution in [0, 0.1) is 0 Å². The number of aryl methyl sites for hydroxylation is 1. The van der Waals surface area contributed by atoms with Gasteiger partial charge in [-0.2, -0.15) is 0 Å². The van der Waals surface area contributed by atoms with Gasteiger partial charge in [-0.1, -0.05) is 79.7 Å². The van der Waals surface area contributed by atoms with Gasteiger partial charge in [0, 0.05) is 33.0 Å². The maximum Gasteiger partial charge on any atom is 0.137 e. The molecule has 1 aliphatic carbocycles. The summed E-state index contributed by atoms with van der Waals surface area (Å²) >= 11 is 0. The number of nitrogens with zero attached hydrogens (tertiary/aromatic N) is 1. The molecule has 8 aromatic rings. The molecule has 3 heteroatoms. The van der Waals surface area contributed by atoms with E-state index in [2.05, 4.69) is 115 Å². The number of fused-ring (bicyclic) bond motifs is 10. The third kappa shape index (κ3) is 3.15. The molecule has 41 heavy (non-hydrogen) atoms. The lowest BCUT2D eigenvalue weighted by molar-refractivity contribution is 0.591. The smallest absolute Gasteiger partial charge is 0.137 e. The average molecular weight is 530 g/mol. The maximum absolute atomic E-state index is 6.38. The van der Waals surface area contributed by atoms with Crippen LogP contribution in [0.1, 0.15) is 35.3 Å². The highest BCUT2D eigenvalue weighted by Crippen LogP contribution is 2.44. The third-order valence-electron chi connectivity index (χ3n) is 8.97. The Labute approximate surface area is 236 Å². The topological polar surface area (TPSA) is 31.2 Å². The Morgan fingerprint density at radius 2 is 1.44 bits per heavy atom.